The number of carbonyl (C=O) groups is 4. The Morgan fingerprint density at radius 2 is 1.61 bits per heavy atom. The molecule has 1 aromatic rings. The molecule has 2 atom stereocenters. The molecule has 0 heterocycles. The van der Waals surface area contributed by atoms with Gasteiger partial charge in [-0.15, -0.1) is 0 Å². The van der Waals surface area contributed by atoms with Gasteiger partial charge < -0.3 is 19.3 Å². The van der Waals surface area contributed by atoms with Crippen LogP contribution in [0.3, 0.4) is 0 Å². The molecule has 0 aliphatic rings. The zero-order chi connectivity index (χ0) is 17.6. The summed E-state index contributed by atoms with van der Waals surface area (Å²) in [7, 11) is 0. The predicted octanol–water partition coefficient (Wildman–Crippen LogP) is 1.17. The van der Waals surface area contributed by atoms with Gasteiger partial charge in [0, 0.05) is 6.92 Å². The third-order valence-electron chi connectivity index (χ3n) is 2.62. The second-order valence-corrected chi connectivity index (χ2v) is 4.55. The summed E-state index contributed by atoms with van der Waals surface area (Å²) in [6.07, 6.45) is -2.69. The Labute approximate surface area is 131 Å². The van der Waals surface area contributed by atoms with Crippen LogP contribution in [0.4, 0.5) is 0 Å². The summed E-state index contributed by atoms with van der Waals surface area (Å²) in [6.45, 7) is 3.59. The van der Waals surface area contributed by atoms with E-state index in [0.29, 0.717) is 0 Å². The quantitative estimate of drug-likeness (QED) is 0.612. The monoisotopic (exact) mass is 324 g/mol. The van der Waals surface area contributed by atoms with E-state index >= 15 is 0 Å². The van der Waals surface area contributed by atoms with E-state index in [2.05, 4.69) is 4.74 Å². The van der Waals surface area contributed by atoms with Crippen molar-refractivity contribution in [3.05, 3.63) is 29.8 Å². The summed E-state index contributed by atoms with van der Waals surface area (Å²) in [5.74, 6) is -3.86. The highest BCUT2D eigenvalue weighted by molar-refractivity contribution is 5.95. The van der Waals surface area contributed by atoms with Crippen molar-refractivity contribution in [2.45, 2.75) is 33.0 Å². The summed E-state index contributed by atoms with van der Waals surface area (Å²) in [5, 5.41) is 8.66. The molecule has 0 saturated carbocycles. The maximum Gasteiger partial charge on any atom is 0.348 e. The van der Waals surface area contributed by atoms with Gasteiger partial charge in [0.1, 0.15) is 11.3 Å². The molecule has 8 nitrogen and oxygen atoms in total. The standard InChI is InChI=1S/C15H16O8/c1-8(13(17)18)21-14(19)9(2)22-15(20)11-6-4-5-7-12(11)23-10(3)16/h4-9H,1-3H3,(H,17,18)/t8-,9+/m1/s1. The van der Waals surface area contributed by atoms with Crippen LogP contribution in [-0.4, -0.2) is 41.2 Å². The molecular weight excluding hydrogens is 308 g/mol. The Hall–Kier alpha value is -2.90. The van der Waals surface area contributed by atoms with Gasteiger partial charge in [-0.1, -0.05) is 12.1 Å². The largest absolute Gasteiger partial charge is 0.479 e. The minimum absolute atomic E-state index is 0.00975. The lowest BCUT2D eigenvalue weighted by atomic mass is 10.2. The van der Waals surface area contributed by atoms with Crippen LogP contribution in [0.2, 0.25) is 0 Å². The molecule has 0 saturated heterocycles. The Balaban J connectivity index is 2.78. The van der Waals surface area contributed by atoms with Crippen molar-refractivity contribution in [3.63, 3.8) is 0 Å². The molecule has 0 spiro atoms. The van der Waals surface area contributed by atoms with Gasteiger partial charge in [0.05, 0.1) is 0 Å². The zero-order valence-electron chi connectivity index (χ0n) is 12.8. The van der Waals surface area contributed by atoms with Gasteiger partial charge in [-0.3, -0.25) is 4.79 Å². The third-order valence-corrected chi connectivity index (χ3v) is 2.62. The smallest absolute Gasteiger partial charge is 0.348 e. The minimum Gasteiger partial charge on any atom is -0.479 e. The number of carboxylic acids is 1. The lowest BCUT2D eigenvalue weighted by molar-refractivity contribution is -0.168. The van der Waals surface area contributed by atoms with Crippen LogP contribution in [0, 0.1) is 0 Å². The SMILES string of the molecule is CC(=O)Oc1ccccc1C(=O)O[C@@H](C)C(=O)O[C@H](C)C(=O)O. The Morgan fingerprint density at radius 1 is 1.00 bits per heavy atom. The van der Waals surface area contributed by atoms with E-state index in [1.807, 2.05) is 0 Å². The molecule has 0 aromatic heterocycles. The van der Waals surface area contributed by atoms with Crippen molar-refractivity contribution >= 4 is 23.9 Å². The van der Waals surface area contributed by atoms with E-state index in [4.69, 9.17) is 14.6 Å². The molecule has 1 N–H and O–H groups in total. The summed E-state index contributed by atoms with van der Waals surface area (Å²) in [4.78, 5) is 45.3. The normalized spacial score (nSPS) is 12.7. The van der Waals surface area contributed by atoms with Crippen LogP contribution < -0.4 is 4.74 Å². The highest BCUT2D eigenvalue weighted by atomic mass is 16.6. The number of benzene rings is 1. The highest BCUT2D eigenvalue weighted by Crippen LogP contribution is 2.20. The second-order valence-electron chi connectivity index (χ2n) is 4.55. The maximum absolute atomic E-state index is 12.0. The first-order valence-corrected chi connectivity index (χ1v) is 6.64. The van der Waals surface area contributed by atoms with Crippen molar-refractivity contribution in [1.82, 2.24) is 0 Å². The van der Waals surface area contributed by atoms with Crippen molar-refractivity contribution < 1.29 is 38.5 Å². The fourth-order valence-corrected chi connectivity index (χ4v) is 1.47. The maximum atomic E-state index is 12.0. The molecular formula is C15H16O8. The van der Waals surface area contributed by atoms with E-state index in [-0.39, 0.29) is 11.3 Å². The number of ether oxygens (including phenoxy) is 3. The lowest BCUT2D eigenvalue weighted by Crippen LogP contribution is -2.32. The third kappa shape index (κ3) is 5.42. The van der Waals surface area contributed by atoms with E-state index in [9.17, 15) is 19.2 Å². The van der Waals surface area contributed by atoms with Crippen LogP contribution in [0.1, 0.15) is 31.1 Å². The summed E-state index contributed by atoms with van der Waals surface area (Å²) >= 11 is 0. The number of hydrogen-bond acceptors (Lipinski definition) is 7. The molecule has 8 heteroatoms. The van der Waals surface area contributed by atoms with Gasteiger partial charge in [0.15, 0.2) is 12.2 Å². The van der Waals surface area contributed by atoms with Crippen molar-refractivity contribution in [2.24, 2.45) is 0 Å². The second kappa shape index (κ2) is 7.92. The fourth-order valence-electron chi connectivity index (χ4n) is 1.47. The summed E-state index contributed by atoms with van der Waals surface area (Å²) < 4.78 is 14.4. The number of aliphatic carboxylic acids is 1. The van der Waals surface area contributed by atoms with E-state index in [1.165, 1.54) is 39.0 Å². The van der Waals surface area contributed by atoms with Crippen LogP contribution in [0.15, 0.2) is 24.3 Å². The molecule has 124 valence electrons. The first kappa shape index (κ1) is 18.1. The number of carboxylic acid groups (broad SMARTS) is 1. The first-order valence-electron chi connectivity index (χ1n) is 6.64. The molecule has 23 heavy (non-hydrogen) atoms. The molecule has 0 unspecified atom stereocenters. The topological polar surface area (TPSA) is 116 Å². The van der Waals surface area contributed by atoms with Crippen molar-refractivity contribution in [1.29, 1.82) is 0 Å². The van der Waals surface area contributed by atoms with Gasteiger partial charge in [-0.05, 0) is 26.0 Å². The number of rotatable bonds is 6. The summed E-state index contributed by atoms with van der Waals surface area (Å²) in [5.41, 5.74) is -0.0476. The lowest BCUT2D eigenvalue weighted by Gasteiger charge is -2.15. The van der Waals surface area contributed by atoms with Gasteiger partial charge in [-0.25, -0.2) is 14.4 Å². The van der Waals surface area contributed by atoms with Gasteiger partial charge >= 0.3 is 23.9 Å². The highest BCUT2D eigenvalue weighted by Gasteiger charge is 2.26. The van der Waals surface area contributed by atoms with E-state index in [1.54, 1.807) is 6.07 Å². The Morgan fingerprint density at radius 3 is 2.17 bits per heavy atom. The number of hydrogen-bond donors (Lipinski definition) is 1. The average molecular weight is 324 g/mol. The zero-order valence-corrected chi connectivity index (χ0v) is 12.8. The minimum atomic E-state index is -1.36. The fraction of sp³-hybridized carbons (Fsp3) is 0.333. The molecule has 0 radical (unpaired) electrons. The molecule has 1 rings (SSSR count). The van der Waals surface area contributed by atoms with Crippen molar-refractivity contribution in [3.8, 4) is 5.75 Å². The summed E-state index contributed by atoms with van der Waals surface area (Å²) in [6, 6.07) is 5.84. The van der Waals surface area contributed by atoms with E-state index < -0.39 is 36.1 Å². The molecule has 0 aliphatic carbocycles. The van der Waals surface area contributed by atoms with Gasteiger partial charge in [0.25, 0.3) is 0 Å². The van der Waals surface area contributed by atoms with Crippen LogP contribution >= 0.6 is 0 Å². The molecule has 0 fully saturated rings. The van der Waals surface area contributed by atoms with Crippen LogP contribution in [-0.2, 0) is 23.9 Å². The van der Waals surface area contributed by atoms with Crippen LogP contribution in [0.5, 0.6) is 5.75 Å². The average Bonchev–Trinajstić information content (AvgIpc) is 2.46. The van der Waals surface area contributed by atoms with Crippen LogP contribution in [0.25, 0.3) is 0 Å². The number of carbonyl (C=O) groups excluding carboxylic acids is 3. The first-order chi connectivity index (χ1) is 10.7. The molecule has 0 aliphatic heterocycles. The molecule has 0 bridgehead atoms. The van der Waals surface area contributed by atoms with Gasteiger partial charge in [0.2, 0.25) is 0 Å². The predicted molar refractivity (Wildman–Crippen MR) is 75.8 cm³/mol. The van der Waals surface area contributed by atoms with E-state index in [0.717, 1.165) is 0 Å². The Kier molecular flexibility index (Phi) is 6.25. The van der Waals surface area contributed by atoms with Crippen molar-refractivity contribution in [2.75, 3.05) is 0 Å². The molecule has 1 aromatic carbocycles. The molecule has 0 amide bonds. The number of esters is 3. The Bertz CT molecular complexity index is 622. The number of para-hydroxylation sites is 1. The van der Waals surface area contributed by atoms with Gasteiger partial charge in [-0.2, -0.15) is 0 Å².